The van der Waals surface area contributed by atoms with Gasteiger partial charge in [0.25, 0.3) is 0 Å². The molecule has 0 fully saturated rings. The van der Waals surface area contributed by atoms with E-state index in [1.165, 1.54) is 18.2 Å². The second-order valence-corrected chi connectivity index (χ2v) is 6.36. The van der Waals surface area contributed by atoms with Gasteiger partial charge in [0.2, 0.25) is 17.6 Å². The predicted octanol–water partition coefficient (Wildman–Crippen LogP) is 5.48. The molecule has 164 valence electrons. The monoisotopic (exact) mass is 447 g/mol. The van der Waals surface area contributed by atoms with Crippen molar-refractivity contribution < 1.29 is 40.1 Å². The number of carbonyl (C=O) groups excluding carboxylic acids is 1. The van der Waals surface area contributed by atoms with Gasteiger partial charge in [0.15, 0.2) is 0 Å². The molecule has 0 radical (unpaired) electrons. The van der Waals surface area contributed by atoms with Crippen molar-refractivity contribution in [3.8, 4) is 11.4 Å². The lowest BCUT2D eigenvalue weighted by atomic mass is 10.1. The molecule has 0 aliphatic carbocycles. The lowest BCUT2D eigenvalue weighted by Crippen LogP contribution is -2.16. The van der Waals surface area contributed by atoms with Crippen LogP contribution in [0, 0.1) is 5.82 Å². The van der Waals surface area contributed by atoms with Crippen LogP contribution in [0.5, 0.6) is 0 Å². The van der Waals surface area contributed by atoms with Crippen molar-refractivity contribution in [2.24, 2.45) is 0 Å². The molecule has 0 bridgehead atoms. The Morgan fingerprint density at radius 1 is 0.968 bits per heavy atom. The molecule has 0 spiro atoms. The third-order valence-electron chi connectivity index (χ3n) is 3.99. The second kappa shape index (κ2) is 8.36. The van der Waals surface area contributed by atoms with E-state index >= 15 is 0 Å². The van der Waals surface area contributed by atoms with Gasteiger partial charge >= 0.3 is 12.4 Å². The van der Waals surface area contributed by atoms with Crippen molar-refractivity contribution in [3.63, 3.8) is 0 Å². The molecule has 12 heteroatoms. The Morgan fingerprint density at radius 2 is 1.61 bits per heavy atom. The summed E-state index contributed by atoms with van der Waals surface area (Å²) in [6, 6.07) is 6.10. The molecule has 1 heterocycles. The van der Waals surface area contributed by atoms with E-state index in [1.807, 2.05) is 5.32 Å². The molecule has 3 aromatic rings. The molecule has 0 aliphatic heterocycles. The first-order chi connectivity index (χ1) is 14.4. The number of aryl methyl sites for hydroxylation is 1. The van der Waals surface area contributed by atoms with E-state index < -0.39 is 40.9 Å². The summed E-state index contributed by atoms with van der Waals surface area (Å²) in [6.07, 6.45) is -10.6. The van der Waals surface area contributed by atoms with Crippen LogP contribution in [0.25, 0.3) is 11.4 Å². The largest absolute Gasteiger partial charge is 0.416 e. The molecule has 0 unspecified atom stereocenters. The number of amides is 1. The van der Waals surface area contributed by atoms with Crippen LogP contribution in [0.2, 0.25) is 0 Å². The van der Waals surface area contributed by atoms with Crippen molar-refractivity contribution in [2.45, 2.75) is 25.2 Å². The molecule has 0 aliphatic rings. The highest BCUT2D eigenvalue weighted by Crippen LogP contribution is 2.37. The summed E-state index contributed by atoms with van der Waals surface area (Å²) in [4.78, 5) is 16.0. The van der Waals surface area contributed by atoms with Crippen molar-refractivity contribution in [3.05, 3.63) is 65.3 Å². The van der Waals surface area contributed by atoms with Crippen molar-refractivity contribution >= 4 is 11.6 Å². The quantitative estimate of drug-likeness (QED) is 0.526. The van der Waals surface area contributed by atoms with Gasteiger partial charge in [0.05, 0.1) is 11.1 Å². The first-order valence-corrected chi connectivity index (χ1v) is 8.60. The molecule has 0 atom stereocenters. The summed E-state index contributed by atoms with van der Waals surface area (Å²) in [6.45, 7) is 0. The van der Waals surface area contributed by atoms with Crippen LogP contribution in [0.15, 0.2) is 47.0 Å². The molecular formula is C19H12F7N3O2. The van der Waals surface area contributed by atoms with Gasteiger partial charge in [-0.3, -0.25) is 4.79 Å². The zero-order valence-electron chi connectivity index (χ0n) is 15.3. The fourth-order valence-corrected chi connectivity index (χ4v) is 2.57. The fourth-order valence-electron chi connectivity index (χ4n) is 2.57. The second-order valence-electron chi connectivity index (χ2n) is 6.36. The van der Waals surface area contributed by atoms with E-state index in [4.69, 9.17) is 4.52 Å². The SMILES string of the molecule is O=C(CCc1nc(-c2cccc(F)c2)no1)Nc1cc(C(F)(F)F)cc(C(F)(F)F)c1. The molecule has 31 heavy (non-hydrogen) atoms. The molecule has 2 aromatic carbocycles. The van der Waals surface area contributed by atoms with E-state index in [0.29, 0.717) is 17.7 Å². The number of anilines is 1. The van der Waals surface area contributed by atoms with Gasteiger partial charge in [-0.1, -0.05) is 17.3 Å². The number of alkyl halides is 6. The number of hydrogen-bond acceptors (Lipinski definition) is 4. The van der Waals surface area contributed by atoms with E-state index in [9.17, 15) is 35.5 Å². The fraction of sp³-hybridized carbons (Fsp3) is 0.211. The van der Waals surface area contributed by atoms with Gasteiger partial charge < -0.3 is 9.84 Å². The number of nitrogens with zero attached hydrogens (tertiary/aromatic N) is 2. The Bertz CT molecular complexity index is 1060. The van der Waals surface area contributed by atoms with E-state index in [-0.39, 0.29) is 30.6 Å². The normalized spacial score (nSPS) is 12.1. The van der Waals surface area contributed by atoms with Crippen LogP contribution < -0.4 is 5.32 Å². The van der Waals surface area contributed by atoms with Crippen LogP contribution >= 0.6 is 0 Å². The maximum atomic E-state index is 13.2. The van der Waals surface area contributed by atoms with E-state index in [2.05, 4.69) is 10.1 Å². The lowest BCUT2D eigenvalue weighted by molar-refractivity contribution is -0.143. The minimum atomic E-state index is -5.03. The first kappa shape index (κ1) is 22.2. The highest BCUT2D eigenvalue weighted by atomic mass is 19.4. The van der Waals surface area contributed by atoms with E-state index in [1.54, 1.807) is 0 Å². The number of hydrogen-bond donors (Lipinski definition) is 1. The highest BCUT2D eigenvalue weighted by molar-refractivity contribution is 5.91. The predicted molar refractivity (Wildman–Crippen MR) is 93.1 cm³/mol. The van der Waals surface area contributed by atoms with Crippen LogP contribution in [0.1, 0.15) is 23.4 Å². The first-order valence-electron chi connectivity index (χ1n) is 8.60. The standard InChI is InChI=1S/C19H12F7N3O2/c20-13-3-1-2-10(6-13)17-28-16(31-29-17)5-4-15(30)27-14-8-11(18(21,22)23)7-12(9-14)19(24,25)26/h1-3,6-9H,4-5H2,(H,27,30). The maximum Gasteiger partial charge on any atom is 0.416 e. The van der Waals surface area contributed by atoms with Crippen LogP contribution in [0.4, 0.5) is 36.4 Å². The molecule has 1 aromatic heterocycles. The summed E-state index contributed by atoms with van der Waals surface area (Å²) in [5, 5.41) is 5.64. The number of rotatable bonds is 5. The maximum absolute atomic E-state index is 13.2. The molecule has 1 N–H and O–H groups in total. The van der Waals surface area contributed by atoms with Gasteiger partial charge in [0, 0.05) is 24.1 Å². The molecule has 0 saturated heterocycles. The average Bonchev–Trinajstić information content (AvgIpc) is 3.14. The topological polar surface area (TPSA) is 68.0 Å². The Labute approximate surface area is 169 Å². The van der Waals surface area contributed by atoms with Crippen LogP contribution in [-0.2, 0) is 23.6 Å². The highest BCUT2D eigenvalue weighted by Gasteiger charge is 2.37. The molecule has 3 rings (SSSR count). The number of aromatic nitrogens is 2. The summed E-state index contributed by atoms with van der Waals surface area (Å²) in [7, 11) is 0. The summed E-state index contributed by atoms with van der Waals surface area (Å²) >= 11 is 0. The lowest BCUT2D eigenvalue weighted by Gasteiger charge is -2.14. The van der Waals surface area contributed by atoms with Crippen molar-refractivity contribution in [1.29, 1.82) is 0 Å². The smallest absolute Gasteiger partial charge is 0.339 e. The minimum Gasteiger partial charge on any atom is -0.339 e. The zero-order chi connectivity index (χ0) is 22.8. The number of carbonyl (C=O) groups is 1. The Kier molecular flexibility index (Phi) is 6.00. The Balaban J connectivity index is 1.69. The van der Waals surface area contributed by atoms with Gasteiger partial charge in [-0.25, -0.2) is 4.39 Å². The molecule has 5 nitrogen and oxygen atoms in total. The summed E-state index contributed by atoms with van der Waals surface area (Å²) in [5.41, 5.74) is -3.43. The van der Waals surface area contributed by atoms with Crippen molar-refractivity contribution in [1.82, 2.24) is 10.1 Å². The Hall–Kier alpha value is -3.44. The molecular weight excluding hydrogens is 435 g/mol. The van der Waals surface area contributed by atoms with Crippen LogP contribution in [-0.4, -0.2) is 16.0 Å². The van der Waals surface area contributed by atoms with Gasteiger partial charge in [0.1, 0.15) is 5.82 Å². The van der Waals surface area contributed by atoms with Gasteiger partial charge in [-0.2, -0.15) is 31.3 Å². The summed E-state index contributed by atoms with van der Waals surface area (Å²) in [5.74, 6) is -1.35. The zero-order valence-corrected chi connectivity index (χ0v) is 15.3. The van der Waals surface area contributed by atoms with Gasteiger partial charge in [-0.05, 0) is 30.3 Å². The van der Waals surface area contributed by atoms with Crippen LogP contribution in [0.3, 0.4) is 0 Å². The number of nitrogens with one attached hydrogen (secondary N) is 1. The minimum absolute atomic E-state index is 0.0190. The third-order valence-corrected chi connectivity index (χ3v) is 3.99. The van der Waals surface area contributed by atoms with E-state index in [0.717, 1.165) is 6.07 Å². The molecule has 1 amide bonds. The Morgan fingerprint density at radius 3 is 2.19 bits per heavy atom. The van der Waals surface area contributed by atoms with Gasteiger partial charge in [-0.15, -0.1) is 0 Å². The van der Waals surface area contributed by atoms with Crippen molar-refractivity contribution in [2.75, 3.05) is 5.32 Å². The average molecular weight is 447 g/mol. The number of benzene rings is 2. The summed E-state index contributed by atoms with van der Waals surface area (Å²) < 4.78 is 95.4. The molecule has 0 saturated carbocycles. The number of halogens is 7. The third kappa shape index (κ3) is 5.80.